The van der Waals surface area contributed by atoms with E-state index >= 15 is 0 Å². The Kier molecular flexibility index (Phi) is 64.7. The number of hydrogen-bond acceptors (Lipinski definition) is 8. The Labute approximate surface area is 523 Å². The van der Waals surface area contributed by atoms with Gasteiger partial charge in [0.1, 0.15) is 19.8 Å². The molecular formula is C74H144NO8P. The van der Waals surface area contributed by atoms with Gasteiger partial charge in [-0.3, -0.25) is 14.2 Å². The van der Waals surface area contributed by atoms with Gasteiger partial charge in [-0.2, -0.15) is 0 Å². The lowest BCUT2D eigenvalue weighted by atomic mass is 10.0. The molecular weight excluding hydrogens is 1060 g/mol. The first-order valence-corrected chi connectivity index (χ1v) is 38.5. The molecule has 0 fully saturated rings. The molecule has 9 nitrogen and oxygen atoms in total. The molecule has 0 aliphatic rings. The Balaban J connectivity index is 3.90. The van der Waals surface area contributed by atoms with Crippen LogP contribution in [0.2, 0.25) is 0 Å². The number of esters is 2. The number of quaternary nitrogens is 1. The van der Waals surface area contributed by atoms with Gasteiger partial charge in [-0.05, 0) is 44.9 Å². The highest BCUT2D eigenvalue weighted by Gasteiger charge is 2.22. The first kappa shape index (κ1) is 82.5. The smallest absolute Gasteiger partial charge is 0.306 e. The number of unbranched alkanes of at least 4 members (excludes halogenated alkanes) is 52. The van der Waals surface area contributed by atoms with Gasteiger partial charge < -0.3 is 27.9 Å². The fraction of sp³-hybridized carbons (Fsp3) is 0.919. The number of carbonyl (C=O) groups is 2. The van der Waals surface area contributed by atoms with E-state index in [9.17, 15) is 19.0 Å². The Morgan fingerprint density at radius 3 is 0.940 bits per heavy atom. The lowest BCUT2D eigenvalue weighted by molar-refractivity contribution is -0.870. The number of likely N-dealkylation sites (N-methyl/N-ethyl adjacent to an activating group) is 1. The molecule has 0 aliphatic heterocycles. The van der Waals surface area contributed by atoms with Gasteiger partial charge in [0.25, 0.3) is 7.82 Å². The van der Waals surface area contributed by atoms with Gasteiger partial charge >= 0.3 is 11.9 Å². The normalized spacial score (nSPS) is 13.2. The van der Waals surface area contributed by atoms with Crippen LogP contribution in [-0.2, 0) is 32.7 Å². The van der Waals surface area contributed by atoms with Crippen molar-refractivity contribution in [3.8, 4) is 0 Å². The molecule has 498 valence electrons. The molecule has 0 saturated heterocycles. The second-order valence-electron chi connectivity index (χ2n) is 26.7. The highest BCUT2D eigenvalue weighted by molar-refractivity contribution is 7.45. The summed E-state index contributed by atoms with van der Waals surface area (Å²) < 4.78 is 34.3. The molecule has 0 saturated carbocycles. The minimum atomic E-state index is -4.64. The van der Waals surface area contributed by atoms with E-state index in [-0.39, 0.29) is 32.0 Å². The third-order valence-electron chi connectivity index (χ3n) is 17.0. The van der Waals surface area contributed by atoms with E-state index in [2.05, 4.69) is 38.2 Å². The van der Waals surface area contributed by atoms with Gasteiger partial charge in [0.05, 0.1) is 27.7 Å². The monoisotopic (exact) mass is 1210 g/mol. The highest BCUT2D eigenvalue weighted by Crippen LogP contribution is 2.38. The molecule has 0 heterocycles. The lowest BCUT2D eigenvalue weighted by Crippen LogP contribution is -2.37. The summed E-state index contributed by atoms with van der Waals surface area (Å²) in [6.45, 7) is 4.30. The quantitative estimate of drug-likeness (QED) is 0.0195. The zero-order valence-electron chi connectivity index (χ0n) is 56.9. The third-order valence-corrected chi connectivity index (χ3v) is 17.9. The maximum Gasteiger partial charge on any atom is 0.306 e. The number of allylic oxidation sites excluding steroid dienone is 4. The SMILES string of the molecule is CCCCCCC/C=C\C/C=C\CCCCCCCCCCCCCC(=O)OC(COC(=O)CCCCCCCCCCCCCCCCCCCCCCCCCCCCCCCCCCCCCCC)COP(=O)([O-])OCC[N+](C)(C)C. The van der Waals surface area contributed by atoms with E-state index in [1.54, 1.807) is 0 Å². The first-order chi connectivity index (χ1) is 41.0. The minimum absolute atomic E-state index is 0.0283. The average Bonchev–Trinajstić information content (AvgIpc) is 3.61. The molecule has 0 aliphatic carbocycles. The Morgan fingerprint density at radius 1 is 0.369 bits per heavy atom. The van der Waals surface area contributed by atoms with Gasteiger partial charge in [-0.15, -0.1) is 0 Å². The van der Waals surface area contributed by atoms with Crippen LogP contribution in [0.25, 0.3) is 0 Å². The van der Waals surface area contributed by atoms with Gasteiger partial charge in [0.15, 0.2) is 6.10 Å². The topological polar surface area (TPSA) is 111 Å². The van der Waals surface area contributed by atoms with Crippen LogP contribution < -0.4 is 4.89 Å². The molecule has 84 heavy (non-hydrogen) atoms. The van der Waals surface area contributed by atoms with Crippen LogP contribution >= 0.6 is 7.82 Å². The van der Waals surface area contributed by atoms with Gasteiger partial charge in [0.2, 0.25) is 0 Å². The summed E-state index contributed by atoms with van der Waals surface area (Å²) in [5.41, 5.74) is 0. The lowest BCUT2D eigenvalue weighted by Gasteiger charge is -2.28. The molecule has 0 radical (unpaired) electrons. The second-order valence-corrected chi connectivity index (χ2v) is 28.1. The van der Waals surface area contributed by atoms with Crippen LogP contribution in [-0.4, -0.2) is 70.0 Å². The van der Waals surface area contributed by atoms with Crippen molar-refractivity contribution in [1.82, 2.24) is 0 Å². The predicted octanol–water partition coefficient (Wildman–Crippen LogP) is 23.4. The van der Waals surface area contributed by atoms with Crippen LogP contribution in [0.15, 0.2) is 24.3 Å². The fourth-order valence-electron chi connectivity index (χ4n) is 11.3. The van der Waals surface area contributed by atoms with Crippen LogP contribution in [0.1, 0.15) is 386 Å². The Bertz CT molecular complexity index is 1460. The van der Waals surface area contributed by atoms with Crippen molar-refractivity contribution < 1.29 is 42.1 Å². The fourth-order valence-corrected chi connectivity index (χ4v) is 12.0. The average molecular weight is 1210 g/mol. The van der Waals surface area contributed by atoms with Crippen molar-refractivity contribution in [3.63, 3.8) is 0 Å². The van der Waals surface area contributed by atoms with Crippen molar-refractivity contribution in [1.29, 1.82) is 0 Å². The summed E-state index contributed by atoms with van der Waals surface area (Å²) in [7, 11) is 1.19. The van der Waals surface area contributed by atoms with Crippen molar-refractivity contribution in [3.05, 3.63) is 24.3 Å². The molecule has 0 bridgehead atoms. The largest absolute Gasteiger partial charge is 0.756 e. The maximum atomic E-state index is 12.9. The van der Waals surface area contributed by atoms with E-state index in [1.807, 2.05) is 21.1 Å². The molecule has 0 aromatic rings. The summed E-state index contributed by atoms with van der Waals surface area (Å²) in [6, 6.07) is 0. The third kappa shape index (κ3) is 69.6. The van der Waals surface area contributed by atoms with Crippen molar-refractivity contribution in [2.24, 2.45) is 0 Å². The van der Waals surface area contributed by atoms with Crippen molar-refractivity contribution in [2.45, 2.75) is 392 Å². The Morgan fingerprint density at radius 2 is 0.643 bits per heavy atom. The van der Waals surface area contributed by atoms with E-state index in [0.717, 1.165) is 44.9 Å². The van der Waals surface area contributed by atoms with Crippen LogP contribution in [0.5, 0.6) is 0 Å². The second kappa shape index (κ2) is 65.9. The molecule has 10 heteroatoms. The zero-order chi connectivity index (χ0) is 61.2. The molecule has 0 aromatic carbocycles. The predicted molar refractivity (Wildman–Crippen MR) is 361 cm³/mol. The summed E-state index contributed by atoms with van der Waals surface area (Å²) in [5.74, 6) is -0.814. The summed E-state index contributed by atoms with van der Waals surface area (Å²) in [5, 5.41) is 0. The van der Waals surface area contributed by atoms with Gasteiger partial charge in [0, 0.05) is 12.8 Å². The van der Waals surface area contributed by atoms with E-state index in [1.165, 1.54) is 308 Å². The number of ether oxygens (including phenoxy) is 2. The molecule has 0 rings (SSSR count). The van der Waals surface area contributed by atoms with Gasteiger partial charge in [-0.1, -0.05) is 353 Å². The number of phosphoric acid groups is 1. The summed E-state index contributed by atoms with van der Waals surface area (Å²) >= 11 is 0. The van der Waals surface area contributed by atoms with Gasteiger partial charge in [-0.25, -0.2) is 0 Å². The maximum absolute atomic E-state index is 12.9. The first-order valence-electron chi connectivity index (χ1n) is 37.0. The zero-order valence-corrected chi connectivity index (χ0v) is 57.8. The number of nitrogens with zero attached hydrogens (tertiary/aromatic N) is 1. The molecule has 0 spiro atoms. The van der Waals surface area contributed by atoms with Crippen LogP contribution in [0.3, 0.4) is 0 Å². The molecule has 0 amide bonds. The van der Waals surface area contributed by atoms with E-state index in [4.69, 9.17) is 18.5 Å². The van der Waals surface area contributed by atoms with Crippen LogP contribution in [0.4, 0.5) is 0 Å². The number of carbonyl (C=O) groups excluding carboxylic acids is 2. The molecule has 0 aromatic heterocycles. The van der Waals surface area contributed by atoms with Crippen molar-refractivity contribution >= 4 is 19.8 Å². The summed E-state index contributed by atoms with van der Waals surface area (Å²) in [4.78, 5) is 38.1. The van der Waals surface area contributed by atoms with Crippen molar-refractivity contribution in [2.75, 3.05) is 47.5 Å². The molecule has 2 unspecified atom stereocenters. The van der Waals surface area contributed by atoms with E-state index < -0.39 is 26.5 Å². The van der Waals surface area contributed by atoms with Crippen LogP contribution in [0, 0.1) is 0 Å². The Hall–Kier alpha value is -1.51. The highest BCUT2D eigenvalue weighted by atomic mass is 31.2. The number of rotatable bonds is 70. The van der Waals surface area contributed by atoms with E-state index in [0.29, 0.717) is 17.4 Å². The molecule has 2 atom stereocenters. The standard InChI is InChI=1S/C74H144NO8P/c1-6-8-10-12-14-16-18-20-22-24-26-28-30-31-32-33-34-35-36-37-38-39-40-41-42-43-45-46-48-50-52-54-56-58-60-62-64-66-73(76)80-70-72(71-82-84(78,79)81-69-68-75(3,4)5)83-74(77)67-65-63-61-59-57-55-53-51-49-47-44-29-27-25-23-21-19-17-15-13-11-9-7-2/h19,21,25,27,72H,6-18,20,22-24,26,28-71H2,1-5H3/b21-19-,27-25-. The molecule has 0 N–H and O–H groups in total. The number of hydrogen-bond donors (Lipinski definition) is 0. The number of phosphoric ester groups is 1. The summed E-state index contributed by atoms with van der Waals surface area (Å²) in [6.07, 6.45) is 82.9. The minimum Gasteiger partial charge on any atom is -0.756 e.